The van der Waals surface area contributed by atoms with Crippen LogP contribution in [0.25, 0.3) is 11.4 Å². The maximum absolute atomic E-state index is 14.1. The molecule has 0 spiro atoms. The number of nitrogens with zero attached hydrogens (tertiary/aromatic N) is 6. The van der Waals surface area contributed by atoms with Gasteiger partial charge < -0.3 is 25.4 Å². The summed E-state index contributed by atoms with van der Waals surface area (Å²) in [5.74, 6) is -2.44. The van der Waals surface area contributed by atoms with Crippen LogP contribution in [0.4, 0.5) is 4.79 Å². The Hall–Kier alpha value is -4.36. The molecule has 2 aliphatic rings. The van der Waals surface area contributed by atoms with Gasteiger partial charge in [0, 0.05) is 36.8 Å². The number of aliphatic carboxylic acids is 1. The molecule has 1 aliphatic carbocycles. The van der Waals surface area contributed by atoms with Crippen LogP contribution >= 0.6 is 0 Å². The van der Waals surface area contributed by atoms with E-state index in [1.54, 1.807) is 66.1 Å². The molecule has 2 aromatic heterocycles. The number of nitrogens with one attached hydrogen (secondary N) is 2. The first-order chi connectivity index (χ1) is 19.6. The number of amides is 3. The Morgan fingerprint density at radius 1 is 1.21 bits per heavy atom. The summed E-state index contributed by atoms with van der Waals surface area (Å²) in [6.45, 7) is 14.2. The minimum absolute atomic E-state index is 0.0211. The van der Waals surface area contributed by atoms with Gasteiger partial charge in [0.25, 0.3) is 0 Å². The van der Waals surface area contributed by atoms with Gasteiger partial charge in [-0.25, -0.2) is 9.59 Å². The van der Waals surface area contributed by atoms with Crippen LogP contribution in [0, 0.1) is 11.3 Å². The Kier molecular flexibility index (Phi) is 8.11. The van der Waals surface area contributed by atoms with E-state index in [0.29, 0.717) is 11.4 Å². The minimum atomic E-state index is -1.48. The minimum Gasteiger partial charge on any atom is -0.479 e. The van der Waals surface area contributed by atoms with Crippen LogP contribution in [0.5, 0.6) is 0 Å². The molecule has 4 rings (SSSR count). The molecule has 3 N–H and O–H groups in total. The number of hydrogen-bond acceptors (Lipinski definition) is 9. The van der Waals surface area contributed by atoms with E-state index < -0.39 is 64.5 Å². The van der Waals surface area contributed by atoms with Crippen molar-refractivity contribution in [3.05, 3.63) is 37.2 Å². The van der Waals surface area contributed by atoms with Crippen molar-refractivity contribution in [2.45, 2.75) is 83.6 Å². The van der Waals surface area contributed by atoms with E-state index in [-0.39, 0.29) is 19.4 Å². The van der Waals surface area contributed by atoms with Crippen molar-refractivity contribution in [3.63, 3.8) is 0 Å². The largest absolute Gasteiger partial charge is 0.479 e. The smallest absolute Gasteiger partial charge is 0.408 e. The summed E-state index contributed by atoms with van der Waals surface area (Å²) in [5.41, 5.74) is -2.40. The van der Waals surface area contributed by atoms with Gasteiger partial charge in [0.05, 0.1) is 6.04 Å². The van der Waals surface area contributed by atoms with Crippen molar-refractivity contribution in [2.75, 3.05) is 6.54 Å². The first kappa shape index (κ1) is 30.6. The summed E-state index contributed by atoms with van der Waals surface area (Å²) in [5, 5.41) is 27.9. The molecule has 1 saturated carbocycles. The molecule has 0 radical (unpaired) electrons. The van der Waals surface area contributed by atoms with Gasteiger partial charge in [-0.3, -0.25) is 14.6 Å². The zero-order valence-electron chi connectivity index (χ0n) is 24.7. The average Bonchev–Trinajstić information content (AvgIpc) is 3.22. The highest BCUT2D eigenvalue weighted by Crippen LogP contribution is 2.45. The third-order valence-corrected chi connectivity index (χ3v) is 7.34. The van der Waals surface area contributed by atoms with Gasteiger partial charge in [-0.05, 0) is 50.0 Å². The van der Waals surface area contributed by atoms with E-state index >= 15 is 0 Å². The summed E-state index contributed by atoms with van der Waals surface area (Å²) in [6.07, 6.45) is 4.23. The highest BCUT2D eigenvalue weighted by Gasteiger charge is 2.61. The molecule has 226 valence electrons. The molecule has 14 nitrogen and oxygen atoms in total. The molecule has 0 aromatic carbocycles. The second-order valence-electron chi connectivity index (χ2n) is 12.8. The zero-order valence-corrected chi connectivity index (χ0v) is 24.7. The van der Waals surface area contributed by atoms with E-state index in [0.717, 1.165) is 0 Å². The first-order valence-electron chi connectivity index (χ1n) is 13.7. The van der Waals surface area contributed by atoms with Crippen LogP contribution in [0.3, 0.4) is 0 Å². The number of likely N-dealkylation sites (tertiary alicyclic amines) is 1. The number of carbonyl (C=O) groups excluding carboxylic acids is 3. The molecule has 2 fully saturated rings. The van der Waals surface area contributed by atoms with Crippen molar-refractivity contribution < 1.29 is 29.0 Å². The number of rotatable bonds is 8. The molecule has 0 bridgehead atoms. The standard InChI is InChI=1S/C28H38N8O6/c1-8-17-13-28(17,24(39)40)31-22(37)19-12-18(36-33-21(32-34-36)16-10-9-11-29-14-16)15-35(19)23(38)20(26(2,3)4)30-25(41)42-27(5,6)7/h8-11,14,17-20H,1,12-13,15H2,2-7H3,(H,30,41)(H,31,37)(H,39,40). The topological polar surface area (TPSA) is 182 Å². The second kappa shape index (κ2) is 11.1. The molecule has 1 aliphatic heterocycles. The highest BCUT2D eigenvalue weighted by atomic mass is 16.6. The van der Waals surface area contributed by atoms with Crippen molar-refractivity contribution in [3.8, 4) is 11.4 Å². The molecular formula is C28H38N8O6. The van der Waals surface area contributed by atoms with Gasteiger partial charge >= 0.3 is 12.1 Å². The molecule has 14 heteroatoms. The normalized spacial score (nSPS) is 24.4. The number of carboxylic acid groups (broad SMARTS) is 1. The van der Waals surface area contributed by atoms with E-state index in [4.69, 9.17) is 4.74 Å². The average molecular weight is 583 g/mol. The quantitative estimate of drug-likeness (QED) is 0.389. The Balaban J connectivity index is 1.64. The van der Waals surface area contributed by atoms with Crippen LogP contribution in [0.1, 0.15) is 60.4 Å². The molecule has 42 heavy (non-hydrogen) atoms. The number of hydrogen-bond donors (Lipinski definition) is 3. The SMILES string of the molecule is C=CC1CC1(NC(=O)C1CC(n2nnc(-c3cccnc3)n2)CN1C(=O)C(NC(=O)OC(C)(C)C)C(C)(C)C)C(=O)O. The monoisotopic (exact) mass is 582 g/mol. The van der Waals surface area contributed by atoms with Crippen molar-refractivity contribution in [1.82, 2.24) is 40.7 Å². The maximum Gasteiger partial charge on any atom is 0.408 e. The fourth-order valence-corrected chi connectivity index (χ4v) is 5.02. The van der Waals surface area contributed by atoms with E-state index in [9.17, 15) is 24.3 Å². The second-order valence-corrected chi connectivity index (χ2v) is 12.8. The van der Waals surface area contributed by atoms with Gasteiger partial charge in [-0.15, -0.1) is 16.8 Å². The van der Waals surface area contributed by atoms with Gasteiger partial charge in [-0.1, -0.05) is 26.8 Å². The number of tetrazole rings is 1. The molecule has 3 amide bonds. The van der Waals surface area contributed by atoms with Crippen molar-refractivity contribution >= 4 is 23.9 Å². The number of alkyl carbamates (subject to hydrolysis) is 1. The maximum atomic E-state index is 14.1. The third kappa shape index (κ3) is 6.42. The van der Waals surface area contributed by atoms with Crippen LogP contribution in [-0.2, 0) is 19.1 Å². The van der Waals surface area contributed by atoms with Crippen LogP contribution < -0.4 is 10.6 Å². The lowest BCUT2D eigenvalue weighted by Crippen LogP contribution is -2.59. The Morgan fingerprint density at radius 3 is 2.48 bits per heavy atom. The number of pyridine rings is 1. The summed E-state index contributed by atoms with van der Waals surface area (Å²) in [7, 11) is 0. The van der Waals surface area contributed by atoms with Gasteiger partial charge in [0.15, 0.2) is 0 Å². The fourth-order valence-electron chi connectivity index (χ4n) is 5.02. The summed E-state index contributed by atoms with van der Waals surface area (Å²) in [6, 6.07) is 0.834. The molecular weight excluding hydrogens is 544 g/mol. The predicted octanol–water partition coefficient (Wildman–Crippen LogP) is 1.96. The molecule has 1 saturated heterocycles. The van der Waals surface area contributed by atoms with E-state index in [2.05, 4.69) is 37.6 Å². The fraction of sp³-hybridized carbons (Fsp3) is 0.571. The number of ether oxygens (including phenoxy) is 1. The van der Waals surface area contributed by atoms with E-state index in [1.165, 1.54) is 15.8 Å². The summed E-state index contributed by atoms with van der Waals surface area (Å²) < 4.78 is 5.40. The molecule has 5 atom stereocenters. The van der Waals surface area contributed by atoms with Gasteiger partial charge in [-0.2, -0.15) is 4.80 Å². The lowest BCUT2D eigenvalue weighted by molar-refractivity contribution is -0.146. The van der Waals surface area contributed by atoms with Crippen LogP contribution in [0.15, 0.2) is 37.2 Å². The van der Waals surface area contributed by atoms with Gasteiger partial charge in [0.1, 0.15) is 23.2 Å². The van der Waals surface area contributed by atoms with Crippen molar-refractivity contribution in [2.24, 2.45) is 11.3 Å². The Morgan fingerprint density at radius 2 is 1.93 bits per heavy atom. The lowest BCUT2D eigenvalue weighted by atomic mass is 9.85. The molecule has 2 aromatic rings. The van der Waals surface area contributed by atoms with Crippen LogP contribution in [0.2, 0.25) is 0 Å². The summed E-state index contributed by atoms with van der Waals surface area (Å²) >= 11 is 0. The Labute approximate surface area is 243 Å². The van der Waals surface area contributed by atoms with Crippen LogP contribution in [-0.4, -0.2) is 88.8 Å². The number of carboxylic acids is 1. The zero-order chi connectivity index (χ0) is 31.0. The van der Waals surface area contributed by atoms with E-state index in [1.807, 2.05) is 0 Å². The van der Waals surface area contributed by atoms with Crippen molar-refractivity contribution in [1.29, 1.82) is 0 Å². The highest BCUT2D eigenvalue weighted by molar-refractivity contribution is 5.96. The molecule has 5 unspecified atom stereocenters. The van der Waals surface area contributed by atoms with Gasteiger partial charge in [0.2, 0.25) is 17.6 Å². The number of carbonyl (C=O) groups is 4. The third-order valence-electron chi connectivity index (χ3n) is 7.34. The Bertz CT molecular complexity index is 1360. The summed E-state index contributed by atoms with van der Waals surface area (Å²) in [4.78, 5) is 59.4. The number of aromatic nitrogens is 5. The predicted molar refractivity (Wildman–Crippen MR) is 150 cm³/mol. The first-order valence-corrected chi connectivity index (χ1v) is 13.7. The lowest BCUT2D eigenvalue weighted by Gasteiger charge is -2.36. The molecule has 3 heterocycles.